The second-order valence-corrected chi connectivity index (χ2v) is 8.78. The van der Waals surface area contributed by atoms with E-state index in [-0.39, 0.29) is 18.1 Å². The van der Waals surface area contributed by atoms with Crippen molar-refractivity contribution in [2.45, 2.75) is 44.4 Å². The van der Waals surface area contributed by atoms with Crippen molar-refractivity contribution in [3.63, 3.8) is 0 Å². The van der Waals surface area contributed by atoms with Crippen molar-refractivity contribution in [2.75, 3.05) is 26.7 Å². The lowest BCUT2D eigenvalue weighted by molar-refractivity contribution is -0.193. The normalized spacial score (nSPS) is 20.9. The van der Waals surface area contributed by atoms with Crippen LogP contribution < -0.4 is 0 Å². The molecular weight excluding hydrogens is 558 g/mol. The number of likely N-dealkylation sites (tertiary alicyclic amines) is 2. The Hall–Kier alpha value is -3.73. The van der Waals surface area contributed by atoms with E-state index in [9.17, 15) is 31.1 Å². The van der Waals surface area contributed by atoms with Crippen molar-refractivity contribution < 1.29 is 60.2 Å². The maximum Gasteiger partial charge on any atom is 0.490 e. The van der Waals surface area contributed by atoms with Gasteiger partial charge in [-0.05, 0) is 25.0 Å². The number of aryl methyl sites for hydroxylation is 1. The number of carbonyl (C=O) groups is 3. The molecule has 0 bridgehead atoms. The fraction of sp³-hybridized carbons (Fsp3) is 0.522. The first kappa shape index (κ1) is 32.5. The van der Waals surface area contributed by atoms with Crippen LogP contribution in [0.3, 0.4) is 0 Å². The van der Waals surface area contributed by atoms with Gasteiger partial charge >= 0.3 is 24.3 Å². The summed E-state index contributed by atoms with van der Waals surface area (Å²) in [4.78, 5) is 39.3. The molecule has 0 radical (unpaired) electrons. The molecule has 2 fully saturated rings. The number of aromatic nitrogens is 2. The zero-order chi connectivity index (χ0) is 30.3. The number of hydrogen-bond acceptors (Lipinski definition) is 8. The molecule has 4 heterocycles. The summed E-state index contributed by atoms with van der Waals surface area (Å²) in [6, 6.07) is 5.89. The molecule has 0 unspecified atom stereocenters. The van der Waals surface area contributed by atoms with Gasteiger partial charge in [-0.3, -0.25) is 14.7 Å². The maximum atomic E-state index is 12.9. The molecule has 2 N–H and O–H groups in total. The summed E-state index contributed by atoms with van der Waals surface area (Å²) in [5.74, 6) is -4.60. The molecule has 11 nitrogen and oxygen atoms in total. The number of methoxy groups -OCH3 is 1. The number of pyridine rings is 1. The van der Waals surface area contributed by atoms with Crippen molar-refractivity contribution in [3.8, 4) is 0 Å². The number of ether oxygens (including phenoxy) is 1. The summed E-state index contributed by atoms with van der Waals surface area (Å²) in [5.41, 5.74) is 1.58. The minimum Gasteiger partial charge on any atom is -0.475 e. The Bertz CT molecular complexity index is 1120. The van der Waals surface area contributed by atoms with Crippen molar-refractivity contribution in [1.82, 2.24) is 19.9 Å². The van der Waals surface area contributed by atoms with Crippen LogP contribution in [0.4, 0.5) is 26.3 Å². The minimum atomic E-state index is -5.08. The van der Waals surface area contributed by atoms with E-state index in [2.05, 4.69) is 21.1 Å². The highest BCUT2D eigenvalue weighted by Gasteiger charge is 2.46. The number of carboxylic acid groups (broad SMARTS) is 2. The van der Waals surface area contributed by atoms with Gasteiger partial charge in [-0.2, -0.15) is 26.3 Å². The van der Waals surface area contributed by atoms with Crippen LogP contribution >= 0.6 is 0 Å². The summed E-state index contributed by atoms with van der Waals surface area (Å²) in [7, 11) is 1.77. The van der Waals surface area contributed by atoms with Gasteiger partial charge in [0.1, 0.15) is 5.76 Å². The van der Waals surface area contributed by atoms with E-state index in [1.165, 1.54) is 5.56 Å². The van der Waals surface area contributed by atoms with Crippen LogP contribution in [-0.2, 0) is 20.9 Å². The molecule has 2 aromatic heterocycles. The van der Waals surface area contributed by atoms with Gasteiger partial charge < -0.3 is 24.4 Å². The Morgan fingerprint density at radius 2 is 1.70 bits per heavy atom. The average Bonchev–Trinajstić information content (AvgIpc) is 3.49. The number of piperidine rings is 1. The topological polar surface area (TPSA) is 146 Å². The predicted octanol–water partition coefficient (Wildman–Crippen LogP) is 3.01. The molecule has 2 saturated heterocycles. The number of nitrogens with zero attached hydrogens (tertiary/aromatic N) is 4. The minimum absolute atomic E-state index is 0.0466. The molecule has 2 aromatic rings. The Kier molecular flexibility index (Phi) is 11.0. The monoisotopic (exact) mass is 584 g/mol. The maximum absolute atomic E-state index is 12.9. The zero-order valence-corrected chi connectivity index (χ0v) is 21.1. The molecule has 17 heteroatoms. The molecular formula is C23H26F6N4O7. The van der Waals surface area contributed by atoms with E-state index in [0.717, 1.165) is 26.1 Å². The molecule has 2 aliphatic heterocycles. The molecule has 2 aliphatic rings. The van der Waals surface area contributed by atoms with Crippen LogP contribution in [0.15, 0.2) is 35.1 Å². The van der Waals surface area contributed by atoms with Gasteiger partial charge in [0, 0.05) is 57.7 Å². The summed E-state index contributed by atoms with van der Waals surface area (Å²) in [6.07, 6.45) is -5.45. The van der Waals surface area contributed by atoms with Crippen LogP contribution in [0.5, 0.6) is 0 Å². The molecule has 1 amide bonds. The van der Waals surface area contributed by atoms with E-state index >= 15 is 0 Å². The number of carbonyl (C=O) groups excluding carboxylic acids is 1. The molecule has 0 aliphatic carbocycles. The van der Waals surface area contributed by atoms with Gasteiger partial charge in [0.05, 0.1) is 12.1 Å². The second kappa shape index (κ2) is 13.6. The van der Waals surface area contributed by atoms with Gasteiger partial charge in [0.2, 0.25) is 0 Å². The number of carboxylic acids is 2. The fourth-order valence-electron chi connectivity index (χ4n) is 4.27. The van der Waals surface area contributed by atoms with Crippen molar-refractivity contribution in [3.05, 3.63) is 47.6 Å². The summed E-state index contributed by atoms with van der Waals surface area (Å²) < 4.78 is 74.3. The molecule has 0 spiro atoms. The number of halogens is 6. The number of hydrogen-bond donors (Lipinski definition) is 2. The first-order valence-electron chi connectivity index (χ1n) is 11.5. The summed E-state index contributed by atoms with van der Waals surface area (Å²) in [5, 5.41) is 18.2. The summed E-state index contributed by atoms with van der Waals surface area (Å²) >= 11 is 0. The first-order chi connectivity index (χ1) is 18.5. The SMILES string of the molecule is CO[C@@H]1CCN(C(=O)c2cc(C)on2)[C@@H]2CN(Cc3cccnc3)C[C@@H]21.O=C(O)C(F)(F)F.O=C(O)C(F)(F)F. The Labute approximate surface area is 223 Å². The number of aliphatic carboxylic acids is 2. The largest absolute Gasteiger partial charge is 0.490 e. The van der Waals surface area contributed by atoms with Gasteiger partial charge in [-0.15, -0.1) is 0 Å². The third-order valence-electron chi connectivity index (χ3n) is 5.97. The second-order valence-electron chi connectivity index (χ2n) is 8.78. The van der Waals surface area contributed by atoms with Gasteiger partial charge in [0.15, 0.2) is 5.69 Å². The molecule has 0 saturated carbocycles. The van der Waals surface area contributed by atoms with E-state index in [4.69, 9.17) is 29.1 Å². The Morgan fingerprint density at radius 1 is 1.10 bits per heavy atom. The molecule has 3 atom stereocenters. The van der Waals surface area contributed by atoms with Gasteiger partial charge in [-0.1, -0.05) is 11.2 Å². The highest BCUT2D eigenvalue weighted by Crippen LogP contribution is 2.34. The van der Waals surface area contributed by atoms with Crippen LogP contribution in [0, 0.1) is 12.8 Å². The lowest BCUT2D eigenvalue weighted by atomic mass is 9.89. The highest BCUT2D eigenvalue weighted by molar-refractivity contribution is 5.92. The average molecular weight is 584 g/mol. The van der Waals surface area contributed by atoms with Crippen molar-refractivity contribution in [2.24, 2.45) is 5.92 Å². The Morgan fingerprint density at radius 3 is 2.15 bits per heavy atom. The summed E-state index contributed by atoms with van der Waals surface area (Å²) in [6.45, 7) is 5.07. The first-order valence-corrected chi connectivity index (χ1v) is 11.5. The smallest absolute Gasteiger partial charge is 0.475 e. The molecule has 222 valence electrons. The zero-order valence-electron chi connectivity index (χ0n) is 21.1. The standard InChI is InChI=1S/C19H24N4O3.2C2HF3O2/c1-13-8-16(21-26-13)19(24)23-7-5-18(25-2)15-11-22(12-17(15)23)10-14-4-3-6-20-9-14;2*3-2(4,5)1(6)7/h3-4,6,8-9,15,17-18H,5,7,10-12H2,1-2H3;2*(H,6,7)/t15-,17+,18+;;/m0../s1. The lowest BCUT2D eigenvalue weighted by Crippen LogP contribution is -2.53. The van der Waals surface area contributed by atoms with Crippen molar-refractivity contribution in [1.29, 1.82) is 0 Å². The van der Waals surface area contributed by atoms with Gasteiger partial charge in [0.25, 0.3) is 5.91 Å². The van der Waals surface area contributed by atoms with Crippen LogP contribution in [0.1, 0.15) is 28.2 Å². The third-order valence-corrected chi connectivity index (χ3v) is 5.97. The number of fused-ring (bicyclic) bond motifs is 1. The molecule has 0 aromatic carbocycles. The highest BCUT2D eigenvalue weighted by atomic mass is 19.4. The number of amides is 1. The lowest BCUT2D eigenvalue weighted by Gasteiger charge is -2.40. The van der Waals surface area contributed by atoms with E-state index in [1.807, 2.05) is 17.2 Å². The van der Waals surface area contributed by atoms with Crippen LogP contribution in [-0.4, -0.2) is 99.2 Å². The van der Waals surface area contributed by atoms with Crippen LogP contribution in [0.25, 0.3) is 0 Å². The fourth-order valence-corrected chi connectivity index (χ4v) is 4.27. The molecule has 40 heavy (non-hydrogen) atoms. The van der Waals surface area contributed by atoms with E-state index in [0.29, 0.717) is 23.9 Å². The Balaban J connectivity index is 0.000000333. The van der Waals surface area contributed by atoms with E-state index in [1.54, 1.807) is 26.3 Å². The molecule has 4 rings (SSSR count). The third kappa shape index (κ3) is 9.18. The van der Waals surface area contributed by atoms with Gasteiger partial charge in [-0.25, -0.2) is 9.59 Å². The van der Waals surface area contributed by atoms with Crippen LogP contribution in [0.2, 0.25) is 0 Å². The quantitative estimate of drug-likeness (QED) is 0.515. The van der Waals surface area contributed by atoms with Crippen molar-refractivity contribution >= 4 is 17.8 Å². The number of alkyl halides is 6. The van der Waals surface area contributed by atoms with E-state index < -0.39 is 24.3 Å². The number of rotatable bonds is 4. The predicted molar refractivity (Wildman–Crippen MR) is 122 cm³/mol.